The number of nitrogens with zero attached hydrogens (tertiary/aromatic N) is 3. The zero-order valence-corrected chi connectivity index (χ0v) is 29.2. The van der Waals surface area contributed by atoms with E-state index in [1.807, 2.05) is 0 Å². The molecule has 0 saturated heterocycles. The minimum absolute atomic E-state index is 0.672. The van der Waals surface area contributed by atoms with Crippen LogP contribution in [-0.2, 0) is 0 Å². The SMILES string of the molecule is c1cc(-c2nc(-c3cccc4ccccc34)cc(-c3cccc4ccccc34)n2)cc(-c2nc3ccccc3c3c4ccccc4c4ccccc4c23)c1. The molecule has 2 heterocycles. The summed E-state index contributed by atoms with van der Waals surface area (Å²) in [6.07, 6.45) is 0. The largest absolute Gasteiger partial charge is 0.247 e. The molecule has 0 atom stereocenters. The standard InChI is InChI=1S/C51H31N3/c1-3-20-36-32(14-1)16-12-27-40(36)46-31-47(41-28-13-17-33-15-2-4-21-37(33)41)54-51(53-46)35-19-11-18-34(30-35)50-49-43-25-8-6-23-39(43)38-22-5-7-24-42(38)48(49)44-26-9-10-29-45(44)52-50/h1-31H. The lowest BCUT2D eigenvalue weighted by molar-refractivity contribution is 1.19. The molecule has 0 aliphatic heterocycles. The predicted octanol–water partition coefficient (Wildman–Crippen LogP) is 13.5. The molecule has 11 aromatic rings. The van der Waals surface area contributed by atoms with E-state index < -0.39 is 0 Å². The van der Waals surface area contributed by atoms with Crippen molar-refractivity contribution in [1.82, 2.24) is 15.0 Å². The highest BCUT2D eigenvalue weighted by molar-refractivity contribution is 6.33. The highest BCUT2D eigenvalue weighted by Gasteiger charge is 2.19. The smallest absolute Gasteiger partial charge is 0.160 e. The van der Waals surface area contributed by atoms with Crippen LogP contribution in [0, 0.1) is 0 Å². The first-order chi connectivity index (χ1) is 26.8. The predicted molar refractivity (Wildman–Crippen MR) is 227 cm³/mol. The lowest BCUT2D eigenvalue weighted by atomic mass is 9.90. The fourth-order valence-corrected chi connectivity index (χ4v) is 8.39. The molecule has 2 aromatic heterocycles. The van der Waals surface area contributed by atoms with E-state index in [-0.39, 0.29) is 0 Å². The van der Waals surface area contributed by atoms with Gasteiger partial charge in [0.05, 0.1) is 22.6 Å². The van der Waals surface area contributed by atoms with Crippen molar-refractivity contribution in [2.45, 2.75) is 0 Å². The molecule has 54 heavy (non-hydrogen) atoms. The average molecular weight is 686 g/mol. The molecule has 11 rings (SSSR count). The quantitative estimate of drug-likeness (QED) is 0.173. The second-order valence-corrected chi connectivity index (χ2v) is 13.9. The maximum atomic E-state index is 5.42. The summed E-state index contributed by atoms with van der Waals surface area (Å²) in [6, 6.07) is 66.7. The van der Waals surface area contributed by atoms with Crippen LogP contribution in [-0.4, -0.2) is 15.0 Å². The Morgan fingerprint density at radius 1 is 0.296 bits per heavy atom. The van der Waals surface area contributed by atoms with Crippen molar-refractivity contribution in [2.24, 2.45) is 0 Å². The van der Waals surface area contributed by atoms with Gasteiger partial charge in [0.15, 0.2) is 5.82 Å². The van der Waals surface area contributed by atoms with Gasteiger partial charge in [0, 0.05) is 38.4 Å². The fraction of sp³-hybridized carbons (Fsp3) is 0. The molecular formula is C51H31N3. The summed E-state index contributed by atoms with van der Waals surface area (Å²) >= 11 is 0. The minimum Gasteiger partial charge on any atom is -0.247 e. The van der Waals surface area contributed by atoms with Crippen LogP contribution in [0.25, 0.3) is 110 Å². The molecule has 0 aliphatic carbocycles. The maximum Gasteiger partial charge on any atom is 0.160 e. The van der Waals surface area contributed by atoms with Crippen LogP contribution in [0.3, 0.4) is 0 Å². The third-order valence-corrected chi connectivity index (χ3v) is 10.8. The Balaban J connectivity index is 1.19. The molecule has 3 nitrogen and oxygen atoms in total. The Kier molecular flexibility index (Phi) is 6.86. The van der Waals surface area contributed by atoms with Gasteiger partial charge in [-0.25, -0.2) is 15.0 Å². The van der Waals surface area contributed by atoms with Gasteiger partial charge in [0.25, 0.3) is 0 Å². The van der Waals surface area contributed by atoms with E-state index in [4.69, 9.17) is 15.0 Å². The van der Waals surface area contributed by atoms with Crippen LogP contribution in [0.1, 0.15) is 0 Å². The summed E-state index contributed by atoms with van der Waals surface area (Å²) in [5.41, 5.74) is 7.81. The molecule has 0 spiro atoms. The Morgan fingerprint density at radius 3 is 1.39 bits per heavy atom. The molecule has 250 valence electrons. The summed E-state index contributed by atoms with van der Waals surface area (Å²) in [4.78, 5) is 16.1. The number of hydrogen-bond donors (Lipinski definition) is 0. The lowest BCUT2D eigenvalue weighted by Gasteiger charge is -2.17. The van der Waals surface area contributed by atoms with Gasteiger partial charge in [-0.2, -0.15) is 0 Å². The molecular weight excluding hydrogens is 655 g/mol. The third kappa shape index (κ3) is 4.79. The molecule has 0 amide bonds. The average Bonchev–Trinajstić information content (AvgIpc) is 3.25. The maximum absolute atomic E-state index is 5.42. The van der Waals surface area contributed by atoms with E-state index in [2.05, 4.69) is 188 Å². The number of hydrogen-bond acceptors (Lipinski definition) is 3. The fourth-order valence-electron chi connectivity index (χ4n) is 8.39. The summed E-state index contributed by atoms with van der Waals surface area (Å²) in [7, 11) is 0. The number of rotatable bonds is 4. The van der Waals surface area contributed by atoms with Crippen molar-refractivity contribution >= 4 is 64.8 Å². The zero-order chi connectivity index (χ0) is 35.6. The Labute approximate surface area is 311 Å². The first-order valence-electron chi connectivity index (χ1n) is 18.4. The van der Waals surface area contributed by atoms with E-state index in [1.165, 1.54) is 37.7 Å². The number of aromatic nitrogens is 3. The van der Waals surface area contributed by atoms with Crippen LogP contribution in [0.2, 0.25) is 0 Å². The summed E-state index contributed by atoms with van der Waals surface area (Å²) < 4.78 is 0. The number of benzene rings is 9. The number of pyridine rings is 1. The van der Waals surface area contributed by atoms with E-state index >= 15 is 0 Å². The van der Waals surface area contributed by atoms with Gasteiger partial charge in [0.1, 0.15) is 0 Å². The topological polar surface area (TPSA) is 38.7 Å². The first-order valence-corrected chi connectivity index (χ1v) is 18.4. The zero-order valence-electron chi connectivity index (χ0n) is 29.2. The van der Waals surface area contributed by atoms with Crippen LogP contribution in [0.5, 0.6) is 0 Å². The van der Waals surface area contributed by atoms with Crippen LogP contribution in [0.15, 0.2) is 188 Å². The van der Waals surface area contributed by atoms with Gasteiger partial charge >= 0.3 is 0 Å². The third-order valence-electron chi connectivity index (χ3n) is 10.8. The summed E-state index contributed by atoms with van der Waals surface area (Å²) in [6.45, 7) is 0. The molecule has 9 aromatic carbocycles. The van der Waals surface area contributed by atoms with Crippen molar-refractivity contribution in [3.63, 3.8) is 0 Å². The first kappa shape index (κ1) is 30.4. The molecule has 0 saturated carbocycles. The molecule has 0 bridgehead atoms. The van der Waals surface area contributed by atoms with Crippen LogP contribution >= 0.6 is 0 Å². The normalized spacial score (nSPS) is 11.7. The van der Waals surface area contributed by atoms with E-state index in [0.29, 0.717) is 5.82 Å². The van der Waals surface area contributed by atoms with Gasteiger partial charge in [0.2, 0.25) is 0 Å². The highest BCUT2D eigenvalue weighted by atomic mass is 14.9. The Morgan fingerprint density at radius 2 is 0.759 bits per heavy atom. The number of fused-ring (bicyclic) bond motifs is 10. The van der Waals surface area contributed by atoms with Crippen LogP contribution < -0.4 is 0 Å². The monoisotopic (exact) mass is 685 g/mol. The molecule has 0 aliphatic rings. The van der Waals surface area contributed by atoms with Gasteiger partial charge in [-0.3, -0.25) is 0 Å². The second-order valence-electron chi connectivity index (χ2n) is 13.9. The summed E-state index contributed by atoms with van der Waals surface area (Å²) in [5, 5.41) is 13.1. The van der Waals surface area contributed by atoms with Crippen molar-refractivity contribution in [3.8, 4) is 45.2 Å². The molecule has 0 unspecified atom stereocenters. The second kappa shape index (κ2) is 12.2. The Hall–Kier alpha value is -7.23. The van der Waals surface area contributed by atoms with Gasteiger partial charge < -0.3 is 0 Å². The molecule has 0 fully saturated rings. The van der Waals surface area contributed by atoms with Gasteiger partial charge in [-0.05, 0) is 61.3 Å². The molecule has 0 radical (unpaired) electrons. The molecule has 0 N–H and O–H groups in total. The van der Waals surface area contributed by atoms with Crippen molar-refractivity contribution in [1.29, 1.82) is 0 Å². The lowest BCUT2D eigenvalue weighted by Crippen LogP contribution is -1.97. The van der Waals surface area contributed by atoms with E-state index in [9.17, 15) is 0 Å². The van der Waals surface area contributed by atoms with E-state index in [0.717, 1.165) is 66.4 Å². The van der Waals surface area contributed by atoms with Crippen molar-refractivity contribution < 1.29 is 0 Å². The van der Waals surface area contributed by atoms with Crippen molar-refractivity contribution in [3.05, 3.63) is 188 Å². The van der Waals surface area contributed by atoms with Crippen molar-refractivity contribution in [2.75, 3.05) is 0 Å². The Bertz CT molecular complexity index is 3180. The highest BCUT2D eigenvalue weighted by Crippen LogP contribution is 2.43. The van der Waals surface area contributed by atoms with E-state index in [1.54, 1.807) is 0 Å². The minimum atomic E-state index is 0.672. The van der Waals surface area contributed by atoms with Gasteiger partial charge in [-0.1, -0.05) is 170 Å². The van der Waals surface area contributed by atoms with Gasteiger partial charge in [-0.15, -0.1) is 0 Å². The molecule has 3 heteroatoms. The van der Waals surface area contributed by atoms with Crippen LogP contribution in [0.4, 0.5) is 0 Å². The number of para-hydroxylation sites is 1. The summed E-state index contributed by atoms with van der Waals surface area (Å²) in [5.74, 6) is 0.672.